The van der Waals surface area contributed by atoms with E-state index >= 15 is 0 Å². The maximum atomic E-state index is 12.3. The van der Waals surface area contributed by atoms with Crippen LogP contribution in [-0.2, 0) is 19.1 Å². The first kappa shape index (κ1) is 77.5. The summed E-state index contributed by atoms with van der Waals surface area (Å²) >= 11 is 0. The largest absolute Gasteiger partial charge is 0.462 e. The van der Waals surface area contributed by atoms with Crippen LogP contribution in [0.5, 0.6) is 0 Å². The maximum absolute atomic E-state index is 12.3. The first-order valence-electron chi connectivity index (χ1n) is 34.0. The van der Waals surface area contributed by atoms with Crippen LogP contribution in [-0.4, -0.2) is 36.4 Å². The van der Waals surface area contributed by atoms with Crippen LogP contribution >= 0.6 is 0 Å². The average molecular weight is 1130 g/mol. The van der Waals surface area contributed by atoms with Crippen molar-refractivity contribution in [2.45, 2.75) is 302 Å². The number of hydrogen-bond donors (Lipinski definition) is 1. The highest BCUT2D eigenvalue weighted by atomic mass is 16.6. The second-order valence-electron chi connectivity index (χ2n) is 22.2. The molecule has 464 valence electrons. The van der Waals surface area contributed by atoms with Gasteiger partial charge in [-0.25, -0.2) is 0 Å². The first-order chi connectivity index (χ1) is 40.6. The van der Waals surface area contributed by atoms with E-state index in [1.165, 1.54) is 141 Å². The molecule has 0 aliphatic carbocycles. The van der Waals surface area contributed by atoms with Crippen LogP contribution in [0.4, 0.5) is 0 Å². The van der Waals surface area contributed by atoms with Crippen LogP contribution < -0.4 is 0 Å². The number of hydrogen-bond acceptors (Lipinski definition) is 5. The minimum Gasteiger partial charge on any atom is -0.462 e. The molecule has 0 aliphatic heterocycles. The Morgan fingerprint density at radius 2 is 0.524 bits per heavy atom. The molecule has 0 aromatic carbocycles. The normalized spacial score (nSPS) is 13.3. The third-order valence-corrected chi connectivity index (χ3v) is 14.3. The fourth-order valence-electron chi connectivity index (χ4n) is 9.24. The number of allylic oxidation sites excluding steroid dienone is 26. The van der Waals surface area contributed by atoms with E-state index in [0.717, 1.165) is 128 Å². The van der Waals surface area contributed by atoms with Gasteiger partial charge < -0.3 is 14.6 Å². The van der Waals surface area contributed by atoms with Gasteiger partial charge in [0.05, 0.1) is 6.61 Å². The van der Waals surface area contributed by atoms with Crippen molar-refractivity contribution in [2.24, 2.45) is 0 Å². The van der Waals surface area contributed by atoms with Gasteiger partial charge >= 0.3 is 11.9 Å². The number of carbonyl (C=O) groups excluding carboxylic acids is 2. The molecule has 1 unspecified atom stereocenters. The molecule has 0 amide bonds. The van der Waals surface area contributed by atoms with Crippen molar-refractivity contribution in [1.82, 2.24) is 0 Å². The molecule has 0 radical (unpaired) electrons. The molecular formula is C77H126O5. The quantitative estimate of drug-likeness (QED) is 0.0373. The van der Waals surface area contributed by atoms with E-state index in [2.05, 4.69) is 172 Å². The second kappa shape index (κ2) is 70.8. The number of ether oxygens (including phenoxy) is 2. The van der Waals surface area contributed by atoms with Gasteiger partial charge in [0.25, 0.3) is 0 Å². The zero-order chi connectivity index (χ0) is 59.1. The van der Waals surface area contributed by atoms with Gasteiger partial charge in [-0.2, -0.15) is 0 Å². The van der Waals surface area contributed by atoms with Crippen LogP contribution in [0.2, 0.25) is 0 Å². The summed E-state index contributed by atoms with van der Waals surface area (Å²) in [6.07, 6.45) is 108. The Balaban J connectivity index is 3.58. The Kier molecular flexibility index (Phi) is 66.9. The van der Waals surface area contributed by atoms with Crippen LogP contribution in [0.1, 0.15) is 296 Å². The lowest BCUT2D eigenvalue weighted by molar-refractivity contribution is -0.161. The number of aliphatic hydroxyl groups excluding tert-OH is 1. The van der Waals surface area contributed by atoms with E-state index in [9.17, 15) is 14.7 Å². The minimum absolute atomic E-state index is 0.0840. The Bertz CT molecular complexity index is 1760. The summed E-state index contributed by atoms with van der Waals surface area (Å²) in [5.74, 6) is -0.622. The Labute approximate surface area is 507 Å². The molecule has 1 N–H and O–H groups in total. The van der Waals surface area contributed by atoms with Gasteiger partial charge in [-0.05, 0) is 128 Å². The molecule has 0 bridgehead atoms. The number of aliphatic hydroxyl groups is 1. The lowest BCUT2D eigenvalue weighted by atomic mass is 10.0. The monoisotopic (exact) mass is 1130 g/mol. The van der Waals surface area contributed by atoms with Crippen molar-refractivity contribution >= 4 is 11.9 Å². The molecule has 0 aliphatic rings. The third-order valence-electron chi connectivity index (χ3n) is 14.3. The van der Waals surface area contributed by atoms with Gasteiger partial charge in [0.15, 0.2) is 6.10 Å². The highest BCUT2D eigenvalue weighted by Crippen LogP contribution is 2.16. The SMILES string of the molecule is CC/C=C\C/C=C\C/C=C\C/C=C\C/C=C\C/C=C\C/C=C\C/C=C\C/C=C\C/C=C\CCCCCCC(=O)OC(CO)COC(=O)CCCCCCCCCCCCCCCCCCCC/C=C\C/C=C\C/C=C\CCCCCCC. The molecule has 0 fully saturated rings. The molecule has 0 spiro atoms. The smallest absolute Gasteiger partial charge is 0.306 e. The molecule has 0 rings (SSSR count). The number of carbonyl (C=O) groups is 2. The third kappa shape index (κ3) is 68.0. The van der Waals surface area contributed by atoms with Gasteiger partial charge in [0.1, 0.15) is 6.61 Å². The number of unbranched alkanes of at least 4 members (excludes halogenated alkanes) is 27. The van der Waals surface area contributed by atoms with Gasteiger partial charge in [-0.3, -0.25) is 9.59 Å². The van der Waals surface area contributed by atoms with Crippen LogP contribution in [0.15, 0.2) is 158 Å². The molecule has 5 nitrogen and oxygen atoms in total. The molecule has 0 aromatic heterocycles. The summed E-state index contributed by atoms with van der Waals surface area (Å²) in [6, 6.07) is 0. The molecule has 5 heteroatoms. The molecule has 0 aromatic rings. The van der Waals surface area contributed by atoms with Gasteiger partial charge in [-0.1, -0.05) is 313 Å². The zero-order valence-corrected chi connectivity index (χ0v) is 53.2. The predicted octanol–water partition coefficient (Wildman–Crippen LogP) is 23.9. The number of rotatable bonds is 61. The summed E-state index contributed by atoms with van der Waals surface area (Å²) in [6.45, 7) is 4.01. The van der Waals surface area contributed by atoms with Crippen molar-refractivity contribution in [3.63, 3.8) is 0 Å². The molecule has 82 heavy (non-hydrogen) atoms. The summed E-state index contributed by atoms with van der Waals surface area (Å²) < 4.78 is 10.7. The second-order valence-corrected chi connectivity index (χ2v) is 22.2. The summed E-state index contributed by atoms with van der Waals surface area (Å²) in [4.78, 5) is 24.6. The maximum Gasteiger partial charge on any atom is 0.306 e. The lowest BCUT2D eigenvalue weighted by Crippen LogP contribution is -2.28. The fraction of sp³-hybridized carbons (Fsp3) is 0.636. The van der Waals surface area contributed by atoms with Crippen LogP contribution in [0.25, 0.3) is 0 Å². The van der Waals surface area contributed by atoms with Crippen molar-refractivity contribution in [3.05, 3.63) is 158 Å². The number of esters is 2. The van der Waals surface area contributed by atoms with Gasteiger partial charge in [0, 0.05) is 12.8 Å². The average Bonchev–Trinajstić information content (AvgIpc) is 3.49. The predicted molar refractivity (Wildman–Crippen MR) is 361 cm³/mol. The van der Waals surface area contributed by atoms with Crippen LogP contribution in [0, 0.1) is 0 Å². The summed E-state index contributed by atoms with van der Waals surface area (Å²) in [5.41, 5.74) is 0. The van der Waals surface area contributed by atoms with E-state index in [-0.39, 0.29) is 25.2 Å². The summed E-state index contributed by atoms with van der Waals surface area (Å²) in [5, 5.41) is 9.69. The van der Waals surface area contributed by atoms with Gasteiger partial charge in [-0.15, -0.1) is 0 Å². The topological polar surface area (TPSA) is 72.8 Å². The molecular weight excluding hydrogens is 1000 g/mol. The molecule has 0 saturated carbocycles. The first-order valence-corrected chi connectivity index (χ1v) is 34.0. The van der Waals surface area contributed by atoms with Gasteiger partial charge in [0.2, 0.25) is 0 Å². The Morgan fingerprint density at radius 1 is 0.293 bits per heavy atom. The standard InChI is InChI=1S/C77H126O5/c1-3-5-7-9-11-13-15-17-19-21-23-25-27-29-31-33-35-37-38-40-42-44-46-48-50-52-54-56-58-60-62-64-66-68-70-72-77(80)82-75(73-78)74-81-76(79)71-69-67-65-63-61-59-57-55-53-51-49-47-45-43-41-39-36-34-32-30-28-26-24-22-20-18-16-14-12-10-8-6-4-2/h5,7,11,13,16-19,22-25,28-31,35,37,40,42,46,48,52,54,58,60,75,78H,3-4,6,8-10,12,14-15,20-21,26-27,32-34,36,38-39,41,43-45,47,49-51,53,55-57,59,61-74H2,1-2H3/b7-5-,13-11-,18-16-,19-17-,24-22-,25-23-,30-28-,31-29-,37-35-,42-40-,48-46-,54-52-,60-58-. The Morgan fingerprint density at radius 3 is 0.793 bits per heavy atom. The van der Waals surface area contributed by atoms with Crippen LogP contribution in [0.3, 0.4) is 0 Å². The van der Waals surface area contributed by atoms with E-state index < -0.39 is 6.10 Å². The van der Waals surface area contributed by atoms with Crippen molar-refractivity contribution in [3.8, 4) is 0 Å². The molecule has 1 atom stereocenters. The van der Waals surface area contributed by atoms with Crippen molar-refractivity contribution in [2.75, 3.05) is 13.2 Å². The minimum atomic E-state index is -0.798. The van der Waals surface area contributed by atoms with E-state index in [4.69, 9.17) is 9.47 Å². The molecule has 0 heterocycles. The highest BCUT2D eigenvalue weighted by molar-refractivity contribution is 5.70. The lowest BCUT2D eigenvalue weighted by Gasteiger charge is -2.15. The Hall–Kier alpha value is -4.48. The fourth-order valence-corrected chi connectivity index (χ4v) is 9.24. The van der Waals surface area contributed by atoms with E-state index in [0.29, 0.717) is 12.8 Å². The van der Waals surface area contributed by atoms with Crippen molar-refractivity contribution < 1.29 is 24.2 Å². The van der Waals surface area contributed by atoms with E-state index in [1.807, 2.05) is 0 Å². The molecule has 0 saturated heterocycles. The van der Waals surface area contributed by atoms with E-state index in [1.54, 1.807) is 0 Å². The highest BCUT2D eigenvalue weighted by Gasteiger charge is 2.16. The van der Waals surface area contributed by atoms with Crippen molar-refractivity contribution in [1.29, 1.82) is 0 Å². The zero-order valence-electron chi connectivity index (χ0n) is 53.2. The summed E-state index contributed by atoms with van der Waals surface area (Å²) in [7, 11) is 0.